The van der Waals surface area contributed by atoms with Gasteiger partial charge >= 0.3 is 0 Å². The predicted octanol–water partition coefficient (Wildman–Crippen LogP) is 4.20. The van der Waals surface area contributed by atoms with Crippen molar-refractivity contribution < 1.29 is 4.74 Å². The van der Waals surface area contributed by atoms with E-state index >= 15 is 0 Å². The minimum Gasteiger partial charge on any atom is -0.482 e. The molecule has 0 unspecified atom stereocenters. The molecule has 0 saturated carbocycles. The molecule has 3 aromatic carbocycles. The molecule has 3 atom stereocenters. The molecule has 0 spiro atoms. The first-order valence-corrected chi connectivity index (χ1v) is 11.8. The second kappa shape index (κ2) is 8.28. The van der Waals surface area contributed by atoms with Crippen LogP contribution in [0.2, 0.25) is 0 Å². The topological polar surface area (TPSA) is 69.2 Å². The van der Waals surface area contributed by atoms with Gasteiger partial charge in [-0.2, -0.15) is 0 Å². The number of hydrogen-bond donors (Lipinski definition) is 1. The molecule has 6 heteroatoms. The van der Waals surface area contributed by atoms with Gasteiger partial charge in [0.2, 0.25) is 0 Å². The number of piperidine rings is 1. The van der Waals surface area contributed by atoms with E-state index in [4.69, 9.17) is 20.7 Å². The summed E-state index contributed by atoms with van der Waals surface area (Å²) in [5.41, 5.74) is 12.7. The van der Waals surface area contributed by atoms with Gasteiger partial charge in [0.25, 0.3) is 0 Å². The maximum Gasteiger partial charge on any atom is 0.147 e. The summed E-state index contributed by atoms with van der Waals surface area (Å²) in [6, 6.07) is 23.4. The minimum absolute atomic E-state index is 0.0575. The van der Waals surface area contributed by atoms with E-state index in [-0.39, 0.29) is 18.2 Å². The van der Waals surface area contributed by atoms with Crippen LogP contribution in [0, 0.1) is 6.92 Å². The average Bonchev–Trinajstić information content (AvgIpc) is 3.42. The van der Waals surface area contributed by atoms with E-state index in [0.29, 0.717) is 0 Å². The summed E-state index contributed by atoms with van der Waals surface area (Å²) in [5, 5.41) is 9.44. The van der Waals surface area contributed by atoms with E-state index in [1.54, 1.807) is 4.80 Å². The quantitative estimate of drug-likeness (QED) is 0.516. The van der Waals surface area contributed by atoms with Crippen molar-refractivity contribution in [3.8, 4) is 11.4 Å². The molecule has 2 aliphatic rings. The van der Waals surface area contributed by atoms with Crippen LogP contribution in [-0.4, -0.2) is 45.1 Å². The summed E-state index contributed by atoms with van der Waals surface area (Å²) in [7, 11) is 0. The number of likely N-dealkylation sites (tertiary alicyclic amines) is 1. The average molecular weight is 440 g/mol. The van der Waals surface area contributed by atoms with E-state index in [2.05, 4.69) is 54.3 Å². The fourth-order valence-electron chi connectivity index (χ4n) is 5.33. The molecule has 6 nitrogen and oxygen atoms in total. The molecule has 1 aromatic heterocycles. The summed E-state index contributed by atoms with van der Waals surface area (Å²) in [6.07, 6.45) is 3.17. The van der Waals surface area contributed by atoms with Gasteiger partial charge in [0.05, 0.1) is 6.04 Å². The molecule has 0 amide bonds. The Morgan fingerprint density at radius 3 is 2.52 bits per heavy atom. The smallest absolute Gasteiger partial charge is 0.147 e. The number of ether oxygens (including phenoxy) is 1. The van der Waals surface area contributed by atoms with Crippen LogP contribution in [0.5, 0.6) is 5.75 Å². The van der Waals surface area contributed by atoms with Crippen LogP contribution in [0.3, 0.4) is 0 Å². The van der Waals surface area contributed by atoms with Gasteiger partial charge in [0, 0.05) is 12.6 Å². The van der Waals surface area contributed by atoms with Crippen molar-refractivity contribution in [2.45, 2.75) is 44.4 Å². The van der Waals surface area contributed by atoms with Crippen molar-refractivity contribution in [1.82, 2.24) is 19.9 Å². The zero-order chi connectivity index (χ0) is 22.4. The largest absolute Gasteiger partial charge is 0.482 e. The number of rotatable bonds is 4. The Bertz CT molecular complexity index is 1270. The number of benzene rings is 3. The van der Waals surface area contributed by atoms with E-state index in [9.17, 15) is 0 Å². The van der Waals surface area contributed by atoms with Crippen molar-refractivity contribution in [3.63, 3.8) is 0 Å². The summed E-state index contributed by atoms with van der Waals surface area (Å²) in [4.78, 5) is 4.24. The number of fused-ring (bicyclic) bond motifs is 2. The van der Waals surface area contributed by atoms with Gasteiger partial charge in [0.1, 0.15) is 28.6 Å². The lowest BCUT2D eigenvalue weighted by Crippen LogP contribution is -2.49. The molecule has 168 valence electrons. The van der Waals surface area contributed by atoms with Crippen molar-refractivity contribution in [2.24, 2.45) is 5.73 Å². The standard InChI is InChI=1S/C27H29N5O/c1-18-12-13-26(24(15-18)32-29-22-10-4-5-11-23(22)30-32)33-27-21-9-3-2-7-19(21)16-25(27)31-14-6-8-20(28)17-31/h2-5,7,9-13,15,20,25,27H,6,8,14,16-17,28H2,1H3/t20-,25-,27-/m1/s1. The number of aromatic nitrogens is 3. The minimum atomic E-state index is -0.0575. The third kappa shape index (κ3) is 3.79. The lowest BCUT2D eigenvalue weighted by molar-refractivity contribution is 0.0591. The van der Waals surface area contributed by atoms with Crippen LogP contribution < -0.4 is 10.5 Å². The highest BCUT2D eigenvalue weighted by molar-refractivity contribution is 5.73. The van der Waals surface area contributed by atoms with Crippen LogP contribution in [0.25, 0.3) is 16.7 Å². The Morgan fingerprint density at radius 1 is 0.970 bits per heavy atom. The first-order chi connectivity index (χ1) is 16.2. The molecular weight excluding hydrogens is 410 g/mol. The number of nitrogens with two attached hydrogens (primary N) is 1. The molecular formula is C27H29N5O. The van der Waals surface area contributed by atoms with E-state index in [1.165, 1.54) is 11.1 Å². The summed E-state index contributed by atoms with van der Waals surface area (Å²) < 4.78 is 6.86. The van der Waals surface area contributed by atoms with Crippen molar-refractivity contribution in [2.75, 3.05) is 13.1 Å². The normalized spacial score (nSPS) is 23.0. The van der Waals surface area contributed by atoms with Gasteiger partial charge in [-0.05, 0) is 73.7 Å². The summed E-state index contributed by atoms with van der Waals surface area (Å²) in [5.74, 6) is 0.800. The molecule has 0 radical (unpaired) electrons. The molecule has 6 rings (SSSR count). The van der Waals surface area contributed by atoms with Crippen molar-refractivity contribution in [1.29, 1.82) is 0 Å². The second-order valence-electron chi connectivity index (χ2n) is 9.36. The Balaban J connectivity index is 1.39. The first-order valence-electron chi connectivity index (χ1n) is 11.8. The molecule has 2 N–H and O–H groups in total. The van der Waals surface area contributed by atoms with E-state index in [1.807, 2.05) is 24.3 Å². The monoisotopic (exact) mass is 439 g/mol. The van der Waals surface area contributed by atoms with Crippen LogP contribution in [0.15, 0.2) is 66.7 Å². The molecule has 1 fully saturated rings. The van der Waals surface area contributed by atoms with E-state index < -0.39 is 0 Å². The van der Waals surface area contributed by atoms with Crippen molar-refractivity contribution in [3.05, 3.63) is 83.4 Å². The highest BCUT2D eigenvalue weighted by Gasteiger charge is 2.39. The summed E-state index contributed by atoms with van der Waals surface area (Å²) >= 11 is 0. The second-order valence-corrected chi connectivity index (χ2v) is 9.36. The Hall–Kier alpha value is -3.22. The van der Waals surface area contributed by atoms with Gasteiger partial charge in [-0.25, -0.2) is 0 Å². The third-order valence-electron chi connectivity index (χ3n) is 6.97. The number of hydrogen-bond acceptors (Lipinski definition) is 5. The Morgan fingerprint density at radius 2 is 1.73 bits per heavy atom. The molecule has 1 aliphatic heterocycles. The molecule has 1 aliphatic carbocycles. The zero-order valence-electron chi connectivity index (χ0n) is 18.9. The summed E-state index contributed by atoms with van der Waals surface area (Å²) in [6.45, 7) is 4.07. The predicted molar refractivity (Wildman–Crippen MR) is 130 cm³/mol. The molecule has 4 aromatic rings. The zero-order valence-corrected chi connectivity index (χ0v) is 18.9. The molecule has 33 heavy (non-hydrogen) atoms. The Labute approximate surface area is 194 Å². The van der Waals surface area contributed by atoms with Crippen LogP contribution in [-0.2, 0) is 6.42 Å². The van der Waals surface area contributed by atoms with Crippen LogP contribution in [0.1, 0.15) is 35.6 Å². The highest BCUT2D eigenvalue weighted by atomic mass is 16.5. The fourth-order valence-corrected chi connectivity index (χ4v) is 5.33. The lowest BCUT2D eigenvalue weighted by atomic mass is 10.0. The van der Waals surface area contributed by atoms with Crippen LogP contribution >= 0.6 is 0 Å². The SMILES string of the molecule is Cc1ccc(O[C@@H]2c3ccccc3C[C@H]2N2CCC[C@@H](N)C2)c(-n2nc3ccccc3n2)c1. The molecule has 0 bridgehead atoms. The maximum absolute atomic E-state index is 6.86. The first kappa shape index (κ1) is 20.4. The number of aryl methyl sites for hydroxylation is 1. The lowest BCUT2D eigenvalue weighted by Gasteiger charge is -2.38. The molecule has 1 saturated heterocycles. The van der Waals surface area contributed by atoms with Gasteiger partial charge < -0.3 is 10.5 Å². The third-order valence-corrected chi connectivity index (χ3v) is 6.97. The fraction of sp³-hybridized carbons (Fsp3) is 0.333. The highest BCUT2D eigenvalue weighted by Crippen LogP contribution is 2.40. The maximum atomic E-state index is 6.86. The van der Waals surface area contributed by atoms with Crippen LogP contribution in [0.4, 0.5) is 0 Å². The Kier molecular flexibility index (Phi) is 5.12. The van der Waals surface area contributed by atoms with Gasteiger partial charge in [-0.3, -0.25) is 4.90 Å². The van der Waals surface area contributed by atoms with E-state index in [0.717, 1.165) is 60.4 Å². The van der Waals surface area contributed by atoms with Crippen molar-refractivity contribution >= 4 is 11.0 Å². The van der Waals surface area contributed by atoms with Gasteiger partial charge in [-0.1, -0.05) is 42.5 Å². The van der Waals surface area contributed by atoms with Gasteiger partial charge in [-0.15, -0.1) is 15.0 Å². The molecule has 2 heterocycles. The number of nitrogens with zero attached hydrogens (tertiary/aromatic N) is 4. The van der Waals surface area contributed by atoms with Gasteiger partial charge in [0.15, 0.2) is 0 Å².